The normalized spacial score (nSPS) is 15.0. The number of aliphatic carboxylic acids is 1. The highest BCUT2D eigenvalue weighted by Gasteiger charge is 2.24. The zero-order valence-corrected chi connectivity index (χ0v) is 13.0. The zero-order valence-electron chi connectivity index (χ0n) is 13.0. The molecule has 122 valence electrons. The fourth-order valence-electron chi connectivity index (χ4n) is 2.97. The Hall–Kier alpha value is -2.50. The van der Waals surface area contributed by atoms with Gasteiger partial charge < -0.3 is 19.0 Å². The molecule has 1 aromatic carbocycles. The number of carbonyl (C=O) groups is 1. The molecule has 0 spiro atoms. The topological polar surface area (TPSA) is 86.0 Å². The van der Waals surface area contributed by atoms with E-state index in [4.69, 9.17) is 19.0 Å². The van der Waals surface area contributed by atoms with Gasteiger partial charge in [-0.25, -0.2) is 9.59 Å². The molecule has 6 nitrogen and oxygen atoms in total. The Kier molecular flexibility index (Phi) is 3.98. The SMILES string of the molecule is COc1ccc2c3c(c(=O)oc2c1O[C@H](C)C(=O)O)CCCC3. The van der Waals surface area contributed by atoms with Crippen molar-refractivity contribution in [2.45, 2.75) is 38.7 Å². The quantitative estimate of drug-likeness (QED) is 0.872. The second-order valence-electron chi connectivity index (χ2n) is 5.63. The molecular weight excluding hydrogens is 300 g/mol. The van der Waals surface area contributed by atoms with Gasteiger partial charge in [-0.05, 0) is 50.3 Å². The monoisotopic (exact) mass is 318 g/mol. The van der Waals surface area contributed by atoms with Crippen LogP contribution in [0.1, 0.15) is 30.9 Å². The van der Waals surface area contributed by atoms with Crippen molar-refractivity contribution in [2.75, 3.05) is 7.11 Å². The summed E-state index contributed by atoms with van der Waals surface area (Å²) in [5.74, 6) is -0.612. The summed E-state index contributed by atoms with van der Waals surface area (Å²) in [6.07, 6.45) is 2.41. The predicted octanol–water partition coefficient (Wildman–Crippen LogP) is 2.53. The van der Waals surface area contributed by atoms with Gasteiger partial charge in [-0.15, -0.1) is 0 Å². The van der Waals surface area contributed by atoms with Crippen molar-refractivity contribution >= 4 is 16.9 Å². The Labute approximate surface area is 132 Å². The molecule has 3 rings (SSSR count). The third-order valence-corrected chi connectivity index (χ3v) is 4.17. The van der Waals surface area contributed by atoms with E-state index in [1.807, 2.05) is 6.07 Å². The number of aryl methyl sites for hydroxylation is 1. The highest BCUT2D eigenvalue weighted by Crippen LogP contribution is 2.38. The number of fused-ring (bicyclic) bond motifs is 3. The van der Waals surface area contributed by atoms with Crippen LogP contribution in [-0.4, -0.2) is 24.3 Å². The molecule has 0 saturated carbocycles. The number of methoxy groups -OCH3 is 1. The van der Waals surface area contributed by atoms with Gasteiger partial charge in [0.25, 0.3) is 0 Å². The number of benzene rings is 1. The van der Waals surface area contributed by atoms with Crippen LogP contribution in [0.4, 0.5) is 0 Å². The van der Waals surface area contributed by atoms with E-state index in [1.165, 1.54) is 14.0 Å². The van der Waals surface area contributed by atoms with E-state index in [-0.39, 0.29) is 17.0 Å². The van der Waals surface area contributed by atoms with Crippen molar-refractivity contribution in [1.82, 2.24) is 0 Å². The van der Waals surface area contributed by atoms with Crippen LogP contribution >= 0.6 is 0 Å². The predicted molar refractivity (Wildman–Crippen MR) is 83.4 cm³/mol. The molecule has 1 aliphatic rings. The maximum absolute atomic E-state index is 12.3. The molecule has 23 heavy (non-hydrogen) atoms. The molecule has 1 aliphatic carbocycles. The molecule has 1 atom stereocenters. The number of carboxylic acids is 1. The van der Waals surface area contributed by atoms with Crippen molar-refractivity contribution in [2.24, 2.45) is 0 Å². The summed E-state index contributed by atoms with van der Waals surface area (Å²) in [6.45, 7) is 1.41. The van der Waals surface area contributed by atoms with E-state index in [0.29, 0.717) is 17.7 Å². The van der Waals surface area contributed by atoms with Crippen molar-refractivity contribution in [3.63, 3.8) is 0 Å². The molecule has 0 bridgehead atoms. The van der Waals surface area contributed by atoms with Crippen molar-refractivity contribution in [1.29, 1.82) is 0 Å². The first-order valence-corrected chi connectivity index (χ1v) is 7.58. The minimum Gasteiger partial charge on any atom is -0.493 e. The Balaban J connectivity index is 2.26. The summed E-state index contributed by atoms with van der Waals surface area (Å²) in [5.41, 5.74) is 1.56. The van der Waals surface area contributed by atoms with Gasteiger partial charge in [0.15, 0.2) is 17.4 Å². The van der Waals surface area contributed by atoms with E-state index in [2.05, 4.69) is 0 Å². The third kappa shape index (κ3) is 2.65. The Morgan fingerprint density at radius 3 is 2.61 bits per heavy atom. The van der Waals surface area contributed by atoms with Crippen LogP contribution in [0.25, 0.3) is 11.0 Å². The van der Waals surface area contributed by atoms with Crippen molar-refractivity contribution in [3.8, 4) is 11.5 Å². The number of ether oxygens (including phenoxy) is 2. The second kappa shape index (κ2) is 5.95. The first-order chi connectivity index (χ1) is 11.0. The van der Waals surface area contributed by atoms with Gasteiger partial charge in [0.05, 0.1) is 7.11 Å². The first kappa shape index (κ1) is 15.4. The van der Waals surface area contributed by atoms with Gasteiger partial charge >= 0.3 is 11.6 Å². The standard InChI is InChI=1S/C17H18O6/c1-9(16(18)19)22-15-13(21-2)8-7-11-10-5-3-4-6-12(10)17(20)23-14(11)15/h7-9H,3-6H2,1-2H3,(H,18,19)/t9-/m1/s1. The molecule has 6 heteroatoms. The maximum Gasteiger partial charge on any atom is 0.344 e. The second-order valence-corrected chi connectivity index (χ2v) is 5.63. The number of rotatable bonds is 4. The van der Waals surface area contributed by atoms with E-state index in [1.54, 1.807) is 6.07 Å². The zero-order chi connectivity index (χ0) is 16.6. The minimum atomic E-state index is -1.11. The third-order valence-electron chi connectivity index (χ3n) is 4.17. The van der Waals surface area contributed by atoms with Crippen LogP contribution in [0.3, 0.4) is 0 Å². The fourth-order valence-corrected chi connectivity index (χ4v) is 2.97. The van der Waals surface area contributed by atoms with Crippen LogP contribution < -0.4 is 15.1 Å². The summed E-state index contributed by atoms with van der Waals surface area (Å²) in [7, 11) is 1.45. The average molecular weight is 318 g/mol. The van der Waals surface area contributed by atoms with Gasteiger partial charge in [-0.1, -0.05) is 0 Å². The molecule has 1 heterocycles. The Morgan fingerprint density at radius 2 is 1.96 bits per heavy atom. The van der Waals surface area contributed by atoms with Crippen LogP contribution in [0.2, 0.25) is 0 Å². The van der Waals surface area contributed by atoms with E-state index >= 15 is 0 Å². The van der Waals surface area contributed by atoms with Crippen LogP contribution in [0.5, 0.6) is 11.5 Å². The van der Waals surface area contributed by atoms with Crippen LogP contribution in [0, 0.1) is 0 Å². The van der Waals surface area contributed by atoms with Gasteiger partial charge in [-0.3, -0.25) is 0 Å². The largest absolute Gasteiger partial charge is 0.493 e. The molecule has 0 saturated heterocycles. The van der Waals surface area contributed by atoms with Gasteiger partial charge in [0.2, 0.25) is 5.75 Å². The number of hydrogen-bond acceptors (Lipinski definition) is 5. The summed E-state index contributed by atoms with van der Waals surface area (Å²) in [5, 5.41) is 9.85. The Bertz CT molecular complexity index is 820. The Morgan fingerprint density at radius 1 is 1.26 bits per heavy atom. The lowest BCUT2D eigenvalue weighted by Gasteiger charge is -2.19. The van der Waals surface area contributed by atoms with E-state index < -0.39 is 12.1 Å². The van der Waals surface area contributed by atoms with E-state index in [9.17, 15) is 9.59 Å². The molecule has 0 fully saturated rings. The lowest BCUT2D eigenvalue weighted by atomic mass is 9.90. The highest BCUT2D eigenvalue weighted by atomic mass is 16.5. The molecular formula is C17H18O6. The molecule has 0 radical (unpaired) electrons. The van der Waals surface area contributed by atoms with Gasteiger partial charge in [0.1, 0.15) is 0 Å². The first-order valence-electron chi connectivity index (χ1n) is 7.58. The summed E-state index contributed by atoms with van der Waals surface area (Å²) < 4.78 is 16.2. The molecule has 2 aromatic rings. The minimum absolute atomic E-state index is 0.158. The lowest BCUT2D eigenvalue weighted by molar-refractivity contribution is -0.144. The fraction of sp³-hybridized carbons (Fsp3) is 0.412. The highest BCUT2D eigenvalue weighted by molar-refractivity contribution is 5.89. The molecule has 1 aromatic heterocycles. The molecule has 0 amide bonds. The van der Waals surface area contributed by atoms with E-state index in [0.717, 1.165) is 30.2 Å². The van der Waals surface area contributed by atoms with Crippen LogP contribution in [-0.2, 0) is 17.6 Å². The number of hydrogen-bond donors (Lipinski definition) is 1. The van der Waals surface area contributed by atoms with Crippen molar-refractivity contribution < 1.29 is 23.8 Å². The smallest absolute Gasteiger partial charge is 0.344 e. The van der Waals surface area contributed by atoms with Crippen LogP contribution in [0.15, 0.2) is 21.3 Å². The molecule has 0 aliphatic heterocycles. The summed E-state index contributed by atoms with van der Waals surface area (Å²) >= 11 is 0. The summed E-state index contributed by atoms with van der Waals surface area (Å²) in [4.78, 5) is 23.4. The molecule has 0 unspecified atom stereocenters. The maximum atomic E-state index is 12.3. The lowest BCUT2D eigenvalue weighted by Crippen LogP contribution is -2.23. The number of carboxylic acid groups (broad SMARTS) is 1. The average Bonchev–Trinajstić information content (AvgIpc) is 2.55. The molecule has 1 N–H and O–H groups in total. The summed E-state index contributed by atoms with van der Waals surface area (Å²) in [6, 6.07) is 3.54. The van der Waals surface area contributed by atoms with Gasteiger partial charge in [0, 0.05) is 10.9 Å². The van der Waals surface area contributed by atoms with Gasteiger partial charge in [-0.2, -0.15) is 0 Å². The van der Waals surface area contributed by atoms with Crippen molar-refractivity contribution in [3.05, 3.63) is 33.7 Å².